The molecule has 2 aliphatic heterocycles. The number of hydrogen-bond acceptors (Lipinski definition) is 5. The first kappa shape index (κ1) is 14.8. The van der Waals surface area contributed by atoms with Gasteiger partial charge in [0.05, 0.1) is 11.0 Å². The number of rotatable bonds is 4. The van der Waals surface area contributed by atoms with Crippen LogP contribution in [0.2, 0.25) is 0 Å². The van der Waals surface area contributed by atoms with Gasteiger partial charge in [-0.15, -0.1) is 0 Å². The molecular formula is C15H19N3O4. The van der Waals surface area contributed by atoms with Crippen LogP contribution in [0.5, 0.6) is 5.75 Å². The summed E-state index contributed by atoms with van der Waals surface area (Å²) in [4.78, 5) is 24.3. The maximum Gasteiger partial charge on any atom is 0.273 e. The molecule has 0 aromatic heterocycles. The van der Waals surface area contributed by atoms with Crippen molar-refractivity contribution in [3.8, 4) is 5.75 Å². The number of fused-ring (bicyclic) bond motifs is 2. The topological polar surface area (TPSA) is 84.7 Å². The quantitative estimate of drug-likeness (QED) is 0.670. The number of nitrogens with one attached hydrogen (secondary N) is 1. The van der Waals surface area contributed by atoms with Crippen molar-refractivity contribution in [3.05, 3.63) is 34.4 Å². The van der Waals surface area contributed by atoms with Crippen molar-refractivity contribution in [3.63, 3.8) is 0 Å². The van der Waals surface area contributed by atoms with Crippen LogP contribution in [-0.4, -0.2) is 47.5 Å². The first-order valence-corrected chi connectivity index (χ1v) is 7.53. The van der Waals surface area contributed by atoms with Crippen molar-refractivity contribution in [1.29, 1.82) is 0 Å². The normalized spacial score (nSPS) is 23.9. The number of nitro benzene ring substituents is 1. The monoisotopic (exact) mass is 305 g/mol. The van der Waals surface area contributed by atoms with Crippen molar-refractivity contribution in [2.75, 3.05) is 19.7 Å². The Bertz CT molecular complexity index is 578. The Kier molecular flexibility index (Phi) is 4.24. The summed E-state index contributed by atoms with van der Waals surface area (Å²) >= 11 is 0. The number of carbonyl (C=O) groups excluding carboxylic acids is 1. The molecule has 22 heavy (non-hydrogen) atoms. The zero-order valence-electron chi connectivity index (χ0n) is 12.2. The van der Waals surface area contributed by atoms with Crippen molar-refractivity contribution < 1.29 is 14.5 Å². The van der Waals surface area contributed by atoms with Gasteiger partial charge in [-0.3, -0.25) is 14.9 Å². The molecule has 1 N–H and O–H groups in total. The molecule has 2 bridgehead atoms. The van der Waals surface area contributed by atoms with Crippen LogP contribution < -0.4 is 10.1 Å². The van der Waals surface area contributed by atoms with Crippen molar-refractivity contribution >= 4 is 11.6 Å². The summed E-state index contributed by atoms with van der Waals surface area (Å²) in [6, 6.07) is 6.80. The minimum absolute atomic E-state index is 0.0405. The average molecular weight is 305 g/mol. The third-order valence-electron chi connectivity index (χ3n) is 4.27. The SMILES string of the molecule is O=C(COc1cccc([N+](=O)[O-])c1)N1CCC2CCC(C1)N2. The van der Waals surface area contributed by atoms with Gasteiger partial charge < -0.3 is 15.0 Å². The van der Waals surface area contributed by atoms with E-state index >= 15 is 0 Å². The number of nitro groups is 1. The number of amides is 1. The van der Waals surface area contributed by atoms with Crippen molar-refractivity contribution in [2.24, 2.45) is 0 Å². The summed E-state index contributed by atoms with van der Waals surface area (Å²) < 4.78 is 5.42. The molecule has 2 heterocycles. The van der Waals surface area contributed by atoms with Gasteiger partial charge in [0.15, 0.2) is 6.61 Å². The van der Waals surface area contributed by atoms with Crippen LogP contribution in [0, 0.1) is 10.1 Å². The lowest BCUT2D eigenvalue weighted by molar-refractivity contribution is -0.384. The summed E-state index contributed by atoms with van der Waals surface area (Å²) in [6.45, 7) is 1.37. The average Bonchev–Trinajstić information content (AvgIpc) is 2.84. The Morgan fingerprint density at radius 3 is 3.00 bits per heavy atom. The Morgan fingerprint density at radius 1 is 1.36 bits per heavy atom. The minimum Gasteiger partial charge on any atom is -0.484 e. The molecule has 0 aliphatic carbocycles. The third-order valence-corrected chi connectivity index (χ3v) is 4.27. The van der Waals surface area contributed by atoms with Crippen molar-refractivity contribution in [1.82, 2.24) is 10.2 Å². The third kappa shape index (κ3) is 3.36. The summed E-state index contributed by atoms with van der Waals surface area (Å²) in [5.41, 5.74) is -0.0405. The van der Waals surface area contributed by atoms with Gasteiger partial charge in [0.1, 0.15) is 5.75 Å². The summed E-state index contributed by atoms with van der Waals surface area (Å²) in [7, 11) is 0. The van der Waals surface area contributed by atoms with Gasteiger partial charge >= 0.3 is 0 Å². The molecule has 2 fully saturated rings. The van der Waals surface area contributed by atoms with E-state index in [1.54, 1.807) is 12.1 Å². The lowest BCUT2D eigenvalue weighted by Gasteiger charge is -2.24. The first-order chi connectivity index (χ1) is 10.6. The molecule has 118 valence electrons. The van der Waals surface area contributed by atoms with E-state index < -0.39 is 4.92 Å². The zero-order chi connectivity index (χ0) is 15.5. The van der Waals surface area contributed by atoms with Crippen LogP contribution in [0.15, 0.2) is 24.3 Å². The molecular weight excluding hydrogens is 286 g/mol. The molecule has 2 aliphatic rings. The van der Waals surface area contributed by atoms with Crippen molar-refractivity contribution in [2.45, 2.75) is 31.3 Å². The highest BCUT2D eigenvalue weighted by Crippen LogP contribution is 2.21. The molecule has 2 atom stereocenters. The number of ether oxygens (including phenoxy) is 1. The zero-order valence-corrected chi connectivity index (χ0v) is 12.2. The van der Waals surface area contributed by atoms with Crippen LogP contribution >= 0.6 is 0 Å². The molecule has 0 radical (unpaired) electrons. The van der Waals surface area contributed by atoms with E-state index in [0.29, 0.717) is 24.4 Å². The molecule has 7 heteroatoms. The second-order valence-corrected chi connectivity index (χ2v) is 5.81. The van der Waals surface area contributed by atoms with E-state index in [1.807, 2.05) is 4.90 Å². The fraction of sp³-hybridized carbons (Fsp3) is 0.533. The number of non-ortho nitro benzene ring substituents is 1. The van der Waals surface area contributed by atoms with E-state index in [1.165, 1.54) is 18.6 Å². The maximum absolute atomic E-state index is 12.3. The van der Waals surface area contributed by atoms with Gasteiger partial charge in [0.2, 0.25) is 0 Å². The van der Waals surface area contributed by atoms with Gasteiger partial charge in [-0.1, -0.05) is 6.07 Å². The number of carbonyl (C=O) groups is 1. The molecule has 2 unspecified atom stereocenters. The number of hydrogen-bond donors (Lipinski definition) is 1. The second kappa shape index (κ2) is 6.31. The lowest BCUT2D eigenvalue weighted by Crippen LogP contribution is -2.41. The van der Waals surface area contributed by atoms with Gasteiger partial charge in [-0.05, 0) is 25.3 Å². The standard InChI is InChI=1S/C15H19N3O4/c19-15(17-7-6-11-4-5-12(9-17)16-11)10-22-14-3-1-2-13(8-14)18(20)21/h1-3,8,11-12,16H,4-7,9-10H2. The second-order valence-electron chi connectivity index (χ2n) is 5.81. The largest absolute Gasteiger partial charge is 0.484 e. The molecule has 1 aromatic rings. The number of nitrogens with zero attached hydrogens (tertiary/aromatic N) is 2. The fourth-order valence-electron chi connectivity index (χ4n) is 3.09. The maximum atomic E-state index is 12.3. The van der Waals surface area contributed by atoms with Crippen LogP contribution in [0.4, 0.5) is 5.69 Å². The molecule has 7 nitrogen and oxygen atoms in total. The Balaban J connectivity index is 1.55. The van der Waals surface area contributed by atoms with E-state index in [-0.39, 0.29) is 18.2 Å². The summed E-state index contributed by atoms with van der Waals surface area (Å²) in [6.07, 6.45) is 3.27. The molecule has 0 spiro atoms. The Morgan fingerprint density at radius 2 is 2.18 bits per heavy atom. The van der Waals surface area contributed by atoms with Crippen LogP contribution in [0.3, 0.4) is 0 Å². The molecule has 2 saturated heterocycles. The van der Waals surface area contributed by atoms with Gasteiger partial charge in [-0.2, -0.15) is 0 Å². The number of benzene rings is 1. The highest BCUT2D eigenvalue weighted by molar-refractivity contribution is 5.78. The van der Waals surface area contributed by atoms with E-state index in [0.717, 1.165) is 19.4 Å². The summed E-state index contributed by atoms with van der Waals surface area (Å²) in [5.74, 6) is 0.276. The van der Waals surface area contributed by atoms with E-state index in [2.05, 4.69) is 5.32 Å². The van der Waals surface area contributed by atoms with E-state index in [9.17, 15) is 14.9 Å². The highest BCUT2D eigenvalue weighted by Gasteiger charge is 2.31. The molecule has 0 saturated carbocycles. The van der Waals surface area contributed by atoms with Gasteiger partial charge in [-0.25, -0.2) is 0 Å². The Labute approximate surface area is 128 Å². The fourth-order valence-corrected chi connectivity index (χ4v) is 3.09. The smallest absolute Gasteiger partial charge is 0.273 e. The van der Waals surface area contributed by atoms with Crippen LogP contribution in [0.1, 0.15) is 19.3 Å². The Hall–Kier alpha value is -2.15. The molecule has 3 rings (SSSR count). The van der Waals surface area contributed by atoms with Gasteiger partial charge in [0, 0.05) is 31.2 Å². The summed E-state index contributed by atoms with van der Waals surface area (Å²) in [5, 5.41) is 14.2. The lowest BCUT2D eigenvalue weighted by atomic mass is 10.1. The predicted molar refractivity (Wildman–Crippen MR) is 79.7 cm³/mol. The highest BCUT2D eigenvalue weighted by atomic mass is 16.6. The minimum atomic E-state index is -0.480. The molecule has 1 aromatic carbocycles. The predicted octanol–water partition coefficient (Wildman–Crippen LogP) is 1.33. The van der Waals surface area contributed by atoms with E-state index in [4.69, 9.17) is 4.74 Å². The first-order valence-electron chi connectivity index (χ1n) is 7.53. The number of likely N-dealkylation sites (tertiary alicyclic amines) is 1. The molecule has 1 amide bonds. The van der Waals surface area contributed by atoms with Gasteiger partial charge in [0.25, 0.3) is 11.6 Å². The van der Waals surface area contributed by atoms with Crippen LogP contribution in [-0.2, 0) is 4.79 Å². The van der Waals surface area contributed by atoms with Crippen LogP contribution in [0.25, 0.3) is 0 Å².